The number of fused-ring (bicyclic) bond motifs is 2. The van der Waals surface area contributed by atoms with Gasteiger partial charge in [-0.1, -0.05) is 42.5 Å². The molecule has 0 fully saturated rings. The minimum Gasteiger partial charge on any atom is -0.365 e. The van der Waals surface area contributed by atoms with Crippen molar-refractivity contribution in [3.63, 3.8) is 0 Å². The molecule has 130 valence electrons. The van der Waals surface area contributed by atoms with Crippen molar-refractivity contribution in [1.29, 1.82) is 0 Å². The Morgan fingerprint density at radius 1 is 0.852 bits per heavy atom. The Morgan fingerprint density at radius 2 is 1.70 bits per heavy atom. The van der Waals surface area contributed by atoms with E-state index in [9.17, 15) is 0 Å². The van der Waals surface area contributed by atoms with Crippen LogP contribution in [-0.4, -0.2) is 19.6 Å². The molecule has 0 aliphatic carbocycles. The molecule has 0 saturated heterocycles. The van der Waals surface area contributed by atoms with E-state index in [2.05, 4.69) is 57.7 Å². The molecular formula is C22H17N5. The fourth-order valence-electron chi connectivity index (χ4n) is 3.29. The van der Waals surface area contributed by atoms with Crippen molar-refractivity contribution in [2.75, 3.05) is 5.32 Å². The third-order valence-corrected chi connectivity index (χ3v) is 4.65. The van der Waals surface area contributed by atoms with Crippen molar-refractivity contribution >= 4 is 22.2 Å². The number of hydrogen-bond donors (Lipinski definition) is 1. The molecule has 5 rings (SSSR count). The third-order valence-electron chi connectivity index (χ3n) is 4.65. The molecule has 0 unspecified atom stereocenters. The third kappa shape index (κ3) is 2.89. The Morgan fingerprint density at radius 3 is 2.63 bits per heavy atom. The summed E-state index contributed by atoms with van der Waals surface area (Å²) < 4.78 is 1.90. The van der Waals surface area contributed by atoms with E-state index < -0.39 is 0 Å². The maximum Gasteiger partial charge on any atom is 0.154 e. The molecule has 27 heavy (non-hydrogen) atoms. The molecule has 1 N–H and O–H groups in total. The van der Waals surface area contributed by atoms with Crippen LogP contribution in [-0.2, 0) is 6.54 Å². The van der Waals surface area contributed by atoms with Crippen LogP contribution in [0.15, 0.2) is 85.3 Å². The highest BCUT2D eigenvalue weighted by molar-refractivity contribution is 5.96. The molecule has 2 aromatic carbocycles. The molecule has 5 nitrogen and oxygen atoms in total. The molecule has 0 bridgehead atoms. The van der Waals surface area contributed by atoms with Gasteiger partial charge in [0, 0.05) is 24.5 Å². The maximum atomic E-state index is 4.76. The number of pyridine rings is 1. The van der Waals surface area contributed by atoms with Crippen LogP contribution in [0.2, 0.25) is 0 Å². The SMILES string of the molecule is c1ccc2c(-c3cnc4ccc(NCc5ccncc5)nn34)cccc2c1. The Kier molecular flexibility index (Phi) is 3.76. The summed E-state index contributed by atoms with van der Waals surface area (Å²) in [5.41, 5.74) is 4.09. The highest BCUT2D eigenvalue weighted by atomic mass is 15.3. The molecule has 5 heteroatoms. The molecule has 3 heterocycles. The van der Waals surface area contributed by atoms with Gasteiger partial charge in [0.05, 0.1) is 11.9 Å². The summed E-state index contributed by atoms with van der Waals surface area (Å²) in [7, 11) is 0. The van der Waals surface area contributed by atoms with Gasteiger partial charge < -0.3 is 5.32 Å². The number of benzene rings is 2. The van der Waals surface area contributed by atoms with Crippen molar-refractivity contribution in [3.05, 3.63) is 90.9 Å². The monoisotopic (exact) mass is 351 g/mol. The van der Waals surface area contributed by atoms with E-state index >= 15 is 0 Å². The second-order valence-electron chi connectivity index (χ2n) is 6.37. The quantitative estimate of drug-likeness (QED) is 0.516. The summed E-state index contributed by atoms with van der Waals surface area (Å²) in [6, 6.07) is 22.6. The lowest BCUT2D eigenvalue weighted by Gasteiger charge is -2.08. The van der Waals surface area contributed by atoms with Crippen molar-refractivity contribution in [1.82, 2.24) is 19.6 Å². The van der Waals surface area contributed by atoms with Crippen molar-refractivity contribution in [2.45, 2.75) is 6.54 Å². The average molecular weight is 351 g/mol. The van der Waals surface area contributed by atoms with E-state index in [0.29, 0.717) is 6.54 Å². The van der Waals surface area contributed by atoms with Crippen LogP contribution in [0.1, 0.15) is 5.56 Å². The van der Waals surface area contributed by atoms with Crippen molar-refractivity contribution in [2.24, 2.45) is 0 Å². The Labute approximate surface area is 156 Å². The second-order valence-corrected chi connectivity index (χ2v) is 6.37. The van der Waals surface area contributed by atoms with E-state index in [0.717, 1.165) is 28.3 Å². The van der Waals surface area contributed by atoms with Gasteiger partial charge in [0.1, 0.15) is 5.82 Å². The number of nitrogens with zero attached hydrogens (tertiary/aromatic N) is 4. The first-order chi connectivity index (χ1) is 13.4. The van der Waals surface area contributed by atoms with Gasteiger partial charge in [0.15, 0.2) is 5.65 Å². The molecule has 0 aliphatic rings. The topological polar surface area (TPSA) is 55.1 Å². The molecule has 0 aliphatic heterocycles. The lowest BCUT2D eigenvalue weighted by molar-refractivity contribution is 0.931. The maximum absolute atomic E-state index is 4.76. The summed E-state index contributed by atoms with van der Waals surface area (Å²) in [5, 5.41) is 10.5. The molecular weight excluding hydrogens is 334 g/mol. The van der Waals surface area contributed by atoms with Crippen LogP contribution in [0.5, 0.6) is 0 Å². The first-order valence-corrected chi connectivity index (χ1v) is 8.84. The van der Waals surface area contributed by atoms with Crippen LogP contribution in [0.4, 0.5) is 5.82 Å². The van der Waals surface area contributed by atoms with Gasteiger partial charge in [-0.2, -0.15) is 0 Å². The summed E-state index contributed by atoms with van der Waals surface area (Å²) in [5.74, 6) is 0.804. The Bertz CT molecular complexity index is 1220. The van der Waals surface area contributed by atoms with Gasteiger partial charge in [0.25, 0.3) is 0 Å². The predicted molar refractivity (Wildman–Crippen MR) is 107 cm³/mol. The Balaban J connectivity index is 1.55. The van der Waals surface area contributed by atoms with Crippen LogP contribution in [0.3, 0.4) is 0 Å². The smallest absolute Gasteiger partial charge is 0.154 e. The fourth-order valence-corrected chi connectivity index (χ4v) is 3.29. The van der Waals surface area contributed by atoms with Crippen LogP contribution in [0, 0.1) is 0 Å². The van der Waals surface area contributed by atoms with Crippen molar-refractivity contribution in [3.8, 4) is 11.3 Å². The molecule has 0 saturated carbocycles. The van der Waals surface area contributed by atoms with E-state index in [1.807, 2.05) is 35.0 Å². The van der Waals surface area contributed by atoms with Gasteiger partial charge in [-0.25, -0.2) is 9.50 Å². The zero-order valence-electron chi connectivity index (χ0n) is 14.6. The normalized spacial score (nSPS) is 11.1. The highest BCUT2D eigenvalue weighted by Gasteiger charge is 2.11. The van der Waals surface area contributed by atoms with E-state index in [1.54, 1.807) is 12.4 Å². The number of rotatable bonds is 4. The standard InChI is InChI=1S/C22H17N5/c1-2-6-18-17(4-1)5-3-7-19(18)20-15-25-22-9-8-21(26-27(20)22)24-14-16-10-12-23-13-11-16/h1-13,15H,14H2,(H,24,26). The van der Waals surface area contributed by atoms with E-state index in [-0.39, 0.29) is 0 Å². The molecule has 0 atom stereocenters. The summed E-state index contributed by atoms with van der Waals surface area (Å²) in [6.45, 7) is 0.694. The summed E-state index contributed by atoms with van der Waals surface area (Å²) in [6.07, 6.45) is 5.47. The number of anilines is 1. The number of nitrogens with one attached hydrogen (secondary N) is 1. The first-order valence-electron chi connectivity index (χ1n) is 8.84. The number of hydrogen-bond acceptors (Lipinski definition) is 4. The minimum absolute atomic E-state index is 0.694. The van der Waals surface area contributed by atoms with Crippen molar-refractivity contribution < 1.29 is 0 Å². The molecule has 3 aromatic heterocycles. The number of imidazole rings is 1. The largest absolute Gasteiger partial charge is 0.365 e. The fraction of sp³-hybridized carbons (Fsp3) is 0.0455. The van der Waals surface area contributed by atoms with E-state index in [1.165, 1.54) is 10.8 Å². The first kappa shape index (κ1) is 15.5. The zero-order valence-corrected chi connectivity index (χ0v) is 14.6. The van der Waals surface area contributed by atoms with Gasteiger partial charge in [-0.3, -0.25) is 4.98 Å². The van der Waals surface area contributed by atoms with Gasteiger partial charge in [-0.05, 0) is 40.6 Å². The van der Waals surface area contributed by atoms with Gasteiger partial charge >= 0.3 is 0 Å². The van der Waals surface area contributed by atoms with E-state index in [4.69, 9.17) is 5.10 Å². The molecule has 0 spiro atoms. The summed E-state index contributed by atoms with van der Waals surface area (Å²) >= 11 is 0. The average Bonchev–Trinajstić information content (AvgIpc) is 3.16. The zero-order chi connectivity index (χ0) is 18.1. The van der Waals surface area contributed by atoms with Gasteiger partial charge in [0.2, 0.25) is 0 Å². The molecule has 5 aromatic rings. The Hall–Kier alpha value is -3.73. The lowest BCUT2D eigenvalue weighted by Crippen LogP contribution is -2.04. The van der Waals surface area contributed by atoms with Crippen LogP contribution >= 0.6 is 0 Å². The molecule has 0 amide bonds. The minimum atomic E-state index is 0.694. The molecule has 0 radical (unpaired) electrons. The second kappa shape index (κ2) is 6.53. The van der Waals surface area contributed by atoms with Crippen LogP contribution < -0.4 is 5.32 Å². The lowest BCUT2D eigenvalue weighted by atomic mass is 10.0. The summed E-state index contributed by atoms with van der Waals surface area (Å²) in [4.78, 5) is 8.57. The highest BCUT2D eigenvalue weighted by Crippen LogP contribution is 2.29. The number of aromatic nitrogens is 4. The predicted octanol–water partition coefficient (Wildman–Crippen LogP) is 4.56. The van der Waals surface area contributed by atoms with Crippen LogP contribution in [0.25, 0.3) is 27.7 Å². The van der Waals surface area contributed by atoms with Gasteiger partial charge in [-0.15, -0.1) is 5.10 Å².